The van der Waals surface area contributed by atoms with E-state index >= 15 is 0 Å². The maximum atomic E-state index is 10.7. The highest BCUT2D eigenvalue weighted by atomic mass is 16.3. The average Bonchev–Trinajstić information content (AvgIpc) is 2.09. The second-order valence-electron chi connectivity index (χ2n) is 2.15. The number of terminal acetylenes is 1. The highest BCUT2D eigenvalue weighted by Crippen LogP contribution is 2.13. The van der Waals surface area contributed by atoms with Crippen molar-refractivity contribution in [3.8, 4) is 18.1 Å². The molecule has 3 nitrogen and oxygen atoms in total. The molecular weight excluding hydrogens is 154 g/mol. The second kappa shape index (κ2) is 3.44. The van der Waals surface area contributed by atoms with Crippen molar-refractivity contribution in [1.29, 1.82) is 0 Å². The maximum Gasteiger partial charge on any atom is 0.300 e. The molecule has 0 bridgehead atoms. The van der Waals surface area contributed by atoms with Crippen molar-refractivity contribution in [2.45, 2.75) is 0 Å². The smallest absolute Gasteiger partial charge is 0.300 e. The number of hydrogen-bond donors (Lipinski definition) is 2. The van der Waals surface area contributed by atoms with Gasteiger partial charge in [0, 0.05) is 5.69 Å². The molecule has 1 aromatic carbocycles. The van der Waals surface area contributed by atoms with Gasteiger partial charge in [-0.15, -0.1) is 6.42 Å². The van der Waals surface area contributed by atoms with Crippen LogP contribution in [-0.4, -0.2) is 11.0 Å². The van der Waals surface area contributed by atoms with E-state index in [-0.39, 0.29) is 5.75 Å². The SMILES string of the molecule is C#CC(=O)Nc1ccc(O)cc1. The Labute approximate surface area is 70.0 Å². The lowest BCUT2D eigenvalue weighted by Gasteiger charge is -1.99. The van der Waals surface area contributed by atoms with Gasteiger partial charge >= 0.3 is 0 Å². The number of benzene rings is 1. The fourth-order valence-corrected chi connectivity index (χ4v) is 0.712. The number of carbonyl (C=O) groups excluding carboxylic acids is 1. The molecule has 1 aromatic rings. The van der Waals surface area contributed by atoms with E-state index in [0.29, 0.717) is 5.69 Å². The molecule has 0 aliphatic rings. The summed E-state index contributed by atoms with van der Waals surface area (Å²) in [6, 6.07) is 6.05. The molecule has 0 heterocycles. The van der Waals surface area contributed by atoms with Crippen LogP contribution in [0.25, 0.3) is 0 Å². The number of rotatable bonds is 1. The predicted molar refractivity (Wildman–Crippen MR) is 45.6 cm³/mol. The van der Waals surface area contributed by atoms with E-state index in [0.717, 1.165) is 0 Å². The molecule has 0 fully saturated rings. The number of phenolic OH excluding ortho intramolecular Hbond substituents is 1. The number of carbonyl (C=O) groups is 1. The number of phenols is 1. The van der Waals surface area contributed by atoms with Crippen molar-refractivity contribution in [3.05, 3.63) is 24.3 Å². The van der Waals surface area contributed by atoms with Gasteiger partial charge < -0.3 is 10.4 Å². The Morgan fingerprint density at radius 3 is 2.50 bits per heavy atom. The second-order valence-corrected chi connectivity index (χ2v) is 2.15. The number of nitrogens with one attached hydrogen (secondary N) is 1. The third-order valence-electron chi connectivity index (χ3n) is 1.26. The number of aromatic hydroxyl groups is 1. The van der Waals surface area contributed by atoms with E-state index in [1.54, 1.807) is 12.1 Å². The molecule has 0 saturated heterocycles. The lowest BCUT2D eigenvalue weighted by atomic mass is 10.3. The maximum absolute atomic E-state index is 10.7. The Morgan fingerprint density at radius 1 is 1.42 bits per heavy atom. The van der Waals surface area contributed by atoms with Gasteiger partial charge in [0.05, 0.1) is 0 Å². The molecule has 0 aliphatic heterocycles. The van der Waals surface area contributed by atoms with Crippen molar-refractivity contribution in [2.75, 3.05) is 5.32 Å². The Balaban J connectivity index is 2.73. The molecule has 0 radical (unpaired) electrons. The normalized spacial score (nSPS) is 8.58. The highest BCUT2D eigenvalue weighted by Gasteiger charge is 1.95. The topological polar surface area (TPSA) is 49.3 Å². The predicted octanol–water partition coefficient (Wildman–Crippen LogP) is 0.964. The van der Waals surface area contributed by atoms with E-state index < -0.39 is 5.91 Å². The Kier molecular flexibility index (Phi) is 2.34. The van der Waals surface area contributed by atoms with E-state index in [1.807, 2.05) is 5.92 Å². The van der Waals surface area contributed by atoms with Crippen molar-refractivity contribution >= 4 is 11.6 Å². The molecule has 0 saturated carbocycles. The Hall–Kier alpha value is -1.95. The van der Waals surface area contributed by atoms with Crippen LogP contribution in [0, 0.1) is 12.3 Å². The summed E-state index contributed by atoms with van der Waals surface area (Å²) in [5.41, 5.74) is 0.566. The first-order valence-corrected chi connectivity index (χ1v) is 3.29. The molecule has 2 N–H and O–H groups in total. The van der Waals surface area contributed by atoms with Crippen LogP contribution >= 0.6 is 0 Å². The van der Waals surface area contributed by atoms with Crippen molar-refractivity contribution in [1.82, 2.24) is 0 Å². The molecule has 12 heavy (non-hydrogen) atoms. The fraction of sp³-hybridized carbons (Fsp3) is 0. The fourth-order valence-electron chi connectivity index (χ4n) is 0.712. The minimum absolute atomic E-state index is 0.147. The van der Waals surface area contributed by atoms with Gasteiger partial charge in [-0.05, 0) is 30.2 Å². The third kappa shape index (κ3) is 2.03. The first-order chi connectivity index (χ1) is 5.72. The van der Waals surface area contributed by atoms with E-state index in [2.05, 4.69) is 5.32 Å². The summed E-state index contributed by atoms with van der Waals surface area (Å²) in [6.07, 6.45) is 4.84. The lowest BCUT2D eigenvalue weighted by molar-refractivity contribution is -0.111. The molecule has 0 spiro atoms. The first-order valence-electron chi connectivity index (χ1n) is 3.29. The molecule has 60 valence electrons. The van der Waals surface area contributed by atoms with Gasteiger partial charge in [-0.3, -0.25) is 4.79 Å². The van der Waals surface area contributed by atoms with Gasteiger partial charge in [-0.2, -0.15) is 0 Å². The van der Waals surface area contributed by atoms with E-state index in [4.69, 9.17) is 11.5 Å². The minimum Gasteiger partial charge on any atom is -0.508 e. The highest BCUT2D eigenvalue weighted by molar-refractivity contribution is 6.03. The molecule has 0 atom stereocenters. The summed E-state index contributed by atoms with van der Waals surface area (Å²) in [6.45, 7) is 0. The number of hydrogen-bond acceptors (Lipinski definition) is 2. The van der Waals surface area contributed by atoms with Crippen LogP contribution < -0.4 is 5.32 Å². The quantitative estimate of drug-likeness (QED) is 0.476. The Morgan fingerprint density at radius 2 is 2.00 bits per heavy atom. The first kappa shape index (κ1) is 8.15. The summed E-state index contributed by atoms with van der Waals surface area (Å²) in [5, 5.41) is 11.3. The van der Waals surface area contributed by atoms with Gasteiger partial charge in [0.1, 0.15) is 5.75 Å². The Bertz CT molecular complexity index is 321. The standard InChI is InChI=1S/C9H7NO2/c1-2-9(12)10-7-3-5-8(11)6-4-7/h1,3-6,11H,(H,10,12). The molecule has 3 heteroatoms. The van der Waals surface area contributed by atoms with Gasteiger partial charge in [0.25, 0.3) is 5.91 Å². The van der Waals surface area contributed by atoms with Gasteiger partial charge in [-0.25, -0.2) is 0 Å². The van der Waals surface area contributed by atoms with Crippen LogP contribution in [0.3, 0.4) is 0 Å². The summed E-state index contributed by atoms with van der Waals surface area (Å²) in [4.78, 5) is 10.7. The molecule has 0 aliphatic carbocycles. The lowest BCUT2D eigenvalue weighted by Crippen LogP contribution is -2.07. The van der Waals surface area contributed by atoms with Crippen LogP contribution in [0.1, 0.15) is 0 Å². The van der Waals surface area contributed by atoms with Gasteiger partial charge in [-0.1, -0.05) is 0 Å². The zero-order valence-corrected chi connectivity index (χ0v) is 6.24. The summed E-state index contributed by atoms with van der Waals surface area (Å²) in [7, 11) is 0. The zero-order valence-electron chi connectivity index (χ0n) is 6.24. The van der Waals surface area contributed by atoms with Crippen LogP contribution in [-0.2, 0) is 4.79 Å². The third-order valence-corrected chi connectivity index (χ3v) is 1.26. The van der Waals surface area contributed by atoms with Gasteiger partial charge in [0.15, 0.2) is 0 Å². The molecule has 0 aromatic heterocycles. The average molecular weight is 161 g/mol. The van der Waals surface area contributed by atoms with Crippen molar-refractivity contribution in [2.24, 2.45) is 0 Å². The van der Waals surface area contributed by atoms with Crippen molar-refractivity contribution in [3.63, 3.8) is 0 Å². The monoisotopic (exact) mass is 161 g/mol. The van der Waals surface area contributed by atoms with Crippen molar-refractivity contribution < 1.29 is 9.90 Å². The van der Waals surface area contributed by atoms with Crippen LogP contribution in [0.4, 0.5) is 5.69 Å². The number of amides is 1. The molecule has 0 unspecified atom stereocenters. The van der Waals surface area contributed by atoms with E-state index in [9.17, 15) is 4.79 Å². The minimum atomic E-state index is -0.499. The van der Waals surface area contributed by atoms with Crippen LogP contribution in [0.2, 0.25) is 0 Å². The van der Waals surface area contributed by atoms with Gasteiger partial charge in [0.2, 0.25) is 0 Å². The van der Waals surface area contributed by atoms with Crippen LogP contribution in [0.5, 0.6) is 5.75 Å². The van der Waals surface area contributed by atoms with Crippen LogP contribution in [0.15, 0.2) is 24.3 Å². The summed E-state index contributed by atoms with van der Waals surface area (Å²) >= 11 is 0. The molecule has 1 rings (SSSR count). The van der Waals surface area contributed by atoms with E-state index in [1.165, 1.54) is 12.1 Å². The summed E-state index contributed by atoms with van der Waals surface area (Å²) in [5.74, 6) is 1.56. The molecule has 1 amide bonds. The summed E-state index contributed by atoms with van der Waals surface area (Å²) < 4.78 is 0. The molecular formula is C9H7NO2. The zero-order chi connectivity index (χ0) is 8.97. The number of anilines is 1. The largest absolute Gasteiger partial charge is 0.508 e.